The second kappa shape index (κ2) is 9.49. The number of pyridine rings is 1. The van der Waals surface area contributed by atoms with E-state index in [9.17, 15) is 4.79 Å². The van der Waals surface area contributed by atoms with E-state index in [1.165, 1.54) is 32.1 Å². The summed E-state index contributed by atoms with van der Waals surface area (Å²) in [7, 11) is 3.68. The Morgan fingerprint density at radius 2 is 1.83 bits per heavy atom. The van der Waals surface area contributed by atoms with Gasteiger partial charge in [0.25, 0.3) is 0 Å². The van der Waals surface area contributed by atoms with E-state index in [0.717, 1.165) is 48.4 Å². The van der Waals surface area contributed by atoms with Gasteiger partial charge in [-0.3, -0.25) is 9.67 Å². The van der Waals surface area contributed by atoms with Gasteiger partial charge < -0.3 is 14.4 Å². The van der Waals surface area contributed by atoms with Crippen LogP contribution in [-0.4, -0.2) is 45.0 Å². The lowest BCUT2D eigenvalue weighted by Gasteiger charge is -2.23. The summed E-state index contributed by atoms with van der Waals surface area (Å²) in [5.41, 5.74) is 2.50. The van der Waals surface area contributed by atoms with Crippen molar-refractivity contribution in [2.45, 2.75) is 76.5 Å². The van der Waals surface area contributed by atoms with Gasteiger partial charge in [-0.05, 0) is 50.7 Å². The quantitative estimate of drug-likeness (QED) is 0.688. The van der Waals surface area contributed by atoms with Crippen LogP contribution in [0.15, 0.2) is 24.5 Å². The molecule has 0 bridgehead atoms. The van der Waals surface area contributed by atoms with E-state index in [1.807, 2.05) is 26.2 Å². The Morgan fingerprint density at radius 1 is 1.10 bits per heavy atom. The lowest BCUT2D eigenvalue weighted by atomic mass is 9.98. The molecule has 7 nitrogen and oxygen atoms in total. The van der Waals surface area contributed by atoms with Crippen molar-refractivity contribution in [3.63, 3.8) is 0 Å². The summed E-state index contributed by atoms with van der Waals surface area (Å²) in [6.45, 7) is 0.170. The Morgan fingerprint density at radius 3 is 2.53 bits per heavy atom. The summed E-state index contributed by atoms with van der Waals surface area (Å²) < 4.78 is 13.4. The molecule has 0 aromatic carbocycles. The molecule has 7 heteroatoms. The Hall–Kier alpha value is -2.57. The molecule has 2 aliphatic rings. The van der Waals surface area contributed by atoms with Crippen molar-refractivity contribution in [2.24, 2.45) is 7.05 Å². The normalized spacial score (nSPS) is 17.8. The third-order valence-corrected chi connectivity index (χ3v) is 6.42. The minimum absolute atomic E-state index is 0.170. The molecule has 2 aromatic heterocycles. The fourth-order valence-corrected chi connectivity index (χ4v) is 4.51. The zero-order valence-corrected chi connectivity index (χ0v) is 18.0. The second-order valence-electron chi connectivity index (χ2n) is 8.49. The van der Waals surface area contributed by atoms with Gasteiger partial charge in [0.2, 0.25) is 0 Å². The van der Waals surface area contributed by atoms with Gasteiger partial charge in [-0.25, -0.2) is 4.79 Å². The highest BCUT2D eigenvalue weighted by molar-refractivity contribution is 5.68. The summed E-state index contributed by atoms with van der Waals surface area (Å²) >= 11 is 0. The van der Waals surface area contributed by atoms with Crippen molar-refractivity contribution in [3.8, 4) is 17.0 Å². The first-order valence-electron chi connectivity index (χ1n) is 11.2. The van der Waals surface area contributed by atoms with Crippen LogP contribution in [0.25, 0.3) is 11.3 Å². The lowest BCUT2D eigenvalue weighted by Crippen LogP contribution is -2.35. The lowest BCUT2D eigenvalue weighted by molar-refractivity contribution is 0.0899. The number of carbonyl (C=O) groups excluding carboxylic acids is 1. The summed E-state index contributed by atoms with van der Waals surface area (Å²) in [5, 5.41) is 4.35. The van der Waals surface area contributed by atoms with Gasteiger partial charge in [0.05, 0.1) is 29.9 Å². The monoisotopic (exact) mass is 412 g/mol. The van der Waals surface area contributed by atoms with Crippen molar-refractivity contribution in [1.82, 2.24) is 19.7 Å². The Kier molecular flexibility index (Phi) is 6.55. The molecule has 1 amide bonds. The maximum atomic E-state index is 12.5. The second-order valence-corrected chi connectivity index (χ2v) is 8.49. The molecule has 0 N–H and O–H groups in total. The summed E-state index contributed by atoms with van der Waals surface area (Å²) in [4.78, 5) is 18.8. The van der Waals surface area contributed by atoms with Crippen LogP contribution in [0.4, 0.5) is 4.79 Å². The summed E-state index contributed by atoms with van der Waals surface area (Å²) in [6, 6.07) is 4.21. The highest BCUT2D eigenvalue weighted by Gasteiger charge is 2.25. The van der Waals surface area contributed by atoms with Crippen molar-refractivity contribution in [2.75, 3.05) is 7.05 Å². The maximum absolute atomic E-state index is 12.5. The van der Waals surface area contributed by atoms with E-state index in [1.54, 1.807) is 22.0 Å². The van der Waals surface area contributed by atoms with Gasteiger partial charge in [0.1, 0.15) is 12.4 Å². The van der Waals surface area contributed by atoms with Crippen LogP contribution in [0.3, 0.4) is 0 Å². The molecule has 2 saturated carbocycles. The van der Waals surface area contributed by atoms with Crippen molar-refractivity contribution in [1.29, 1.82) is 0 Å². The Bertz CT molecular complexity index is 837. The molecule has 0 atom stereocenters. The van der Waals surface area contributed by atoms with Crippen LogP contribution in [-0.2, 0) is 18.4 Å². The molecule has 0 radical (unpaired) electrons. The largest absolute Gasteiger partial charge is 0.489 e. The summed E-state index contributed by atoms with van der Waals surface area (Å²) in [5.74, 6) is 0.806. The molecule has 30 heavy (non-hydrogen) atoms. The van der Waals surface area contributed by atoms with Gasteiger partial charge in [0.15, 0.2) is 0 Å². The van der Waals surface area contributed by atoms with Gasteiger partial charge >= 0.3 is 6.09 Å². The molecule has 0 spiro atoms. The number of carbonyl (C=O) groups is 1. The van der Waals surface area contributed by atoms with Gasteiger partial charge in [-0.1, -0.05) is 19.3 Å². The van der Waals surface area contributed by atoms with E-state index in [4.69, 9.17) is 9.47 Å². The number of amides is 1. The first-order chi connectivity index (χ1) is 14.6. The van der Waals surface area contributed by atoms with E-state index >= 15 is 0 Å². The third-order valence-electron chi connectivity index (χ3n) is 6.42. The van der Waals surface area contributed by atoms with Crippen LogP contribution >= 0.6 is 0 Å². The minimum Gasteiger partial charge on any atom is -0.489 e. The van der Waals surface area contributed by atoms with Crippen molar-refractivity contribution >= 4 is 6.09 Å². The average molecular weight is 413 g/mol. The van der Waals surface area contributed by atoms with Gasteiger partial charge in [-0.15, -0.1) is 0 Å². The Balaban J connectivity index is 1.39. The van der Waals surface area contributed by atoms with Crippen LogP contribution in [0.2, 0.25) is 0 Å². The molecule has 0 unspecified atom stereocenters. The molecular formula is C23H32N4O3. The standard InChI is InChI=1S/C23H32N4O3/c1-26(17-8-6-7-9-17)23(28)29-16-22-20(15-25-27(22)2)21-13-12-19(14-24-21)30-18-10-4-3-5-11-18/h12-15,17-18H,3-11,16H2,1-2H3. The van der Waals surface area contributed by atoms with E-state index in [0.29, 0.717) is 12.1 Å². The zero-order chi connectivity index (χ0) is 20.9. The predicted molar refractivity (Wildman–Crippen MR) is 114 cm³/mol. The van der Waals surface area contributed by atoms with E-state index in [2.05, 4.69) is 10.1 Å². The number of nitrogens with zero attached hydrogens (tertiary/aromatic N) is 4. The topological polar surface area (TPSA) is 69.5 Å². The number of aryl methyl sites for hydroxylation is 1. The van der Waals surface area contributed by atoms with Gasteiger partial charge in [0, 0.05) is 25.7 Å². The van der Waals surface area contributed by atoms with Crippen LogP contribution in [0, 0.1) is 0 Å². The van der Waals surface area contributed by atoms with Gasteiger partial charge in [-0.2, -0.15) is 5.10 Å². The highest BCUT2D eigenvalue weighted by Crippen LogP contribution is 2.27. The third kappa shape index (κ3) is 4.77. The number of ether oxygens (including phenoxy) is 2. The van der Waals surface area contributed by atoms with Crippen molar-refractivity contribution < 1.29 is 14.3 Å². The molecule has 2 aromatic rings. The average Bonchev–Trinajstić information content (AvgIpc) is 3.43. The van der Waals surface area contributed by atoms with E-state index in [-0.39, 0.29) is 12.7 Å². The number of hydrogen-bond acceptors (Lipinski definition) is 5. The predicted octanol–water partition coefficient (Wildman–Crippen LogP) is 4.70. The van der Waals surface area contributed by atoms with Crippen LogP contribution in [0.5, 0.6) is 5.75 Å². The number of hydrogen-bond donors (Lipinski definition) is 0. The number of rotatable bonds is 6. The SMILES string of the molecule is CN(C(=O)OCc1c(-c2ccc(OC3CCCCC3)cn2)cnn1C)C1CCCC1. The fourth-order valence-electron chi connectivity index (χ4n) is 4.51. The molecule has 0 aliphatic heterocycles. The zero-order valence-electron chi connectivity index (χ0n) is 18.0. The molecule has 0 saturated heterocycles. The summed E-state index contributed by atoms with van der Waals surface area (Å²) in [6.07, 6.45) is 14.1. The molecule has 4 rings (SSSR count). The first kappa shape index (κ1) is 20.7. The maximum Gasteiger partial charge on any atom is 0.410 e. The molecule has 2 fully saturated rings. The molecule has 2 heterocycles. The molecular weight excluding hydrogens is 380 g/mol. The Labute approximate surface area is 178 Å². The van der Waals surface area contributed by atoms with Crippen LogP contribution in [0.1, 0.15) is 63.5 Å². The van der Waals surface area contributed by atoms with Crippen molar-refractivity contribution in [3.05, 3.63) is 30.2 Å². The molecule has 162 valence electrons. The van der Waals surface area contributed by atoms with Crippen LogP contribution < -0.4 is 4.74 Å². The number of aromatic nitrogens is 3. The highest BCUT2D eigenvalue weighted by atomic mass is 16.6. The smallest absolute Gasteiger partial charge is 0.410 e. The fraction of sp³-hybridized carbons (Fsp3) is 0.609. The first-order valence-corrected chi connectivity index (χ1v) is 11.2. The van der Waals surface area contributed by atoms with E-state index < -0.39 is 0 Å². The molecule has 2 aliphatic carbocycles. The minimum atomic E-state index is -0.279.